The molecule has 43 valence electrons. The molecule has 1 rings (SSSR count). The molecule has 0 amide bonds. The van der Waals surface area contributed by atoms with Crippen LogP contribution in [-0.4, -0.2) is 40.5 Å². The number of rotatable bonds is 0. The van der Waals surface area contributed by atoms with Crippen molar-refractivity contribution in [3.8, 4) is 0 Å². The average Bonchev–Trinajstić information content (AvgIpc) is 1.84. The molecule has 6 heteroatoms. The molecule has 1 fully saturated rings. The van der Waals surface area contributed by atoms with Crippen molar-refractivity contribution < 1.29 is 16.8 Å². The first kappa shape index (κ1) is 8.47. The minimum atomic E-state index is -3.55. The summed E-state index contributed by atoms with van der Waals surface area (Å²) in [6.45, 7) is 0.310. The van der Waals surface area contributed by atoms with Crippen molar-refractivity contribution in [2.45, 2.75) is 0 Å². The van der Waals surface area contributed by atoms with Gasteiger partial charge in [0.1, 0.15) is 0 Å². The van der Waals surface area contributed by atoms with E-state index >= 15 is 0 Å². The van der Waals surface area contributed by atoms with Crippen molar-refractivity contribution in [1.29, 1.82) is 0 Å². The standard InChI is InChI=1S/C2H4O4S.Li/c3-7(4)5-1-2-6-7;/h1-2H2;. The zero-order chi connectivity index (χ0) is 5.33. The van der Waals surface area contributed by atoms with Crippen LogP contribution in [0.4, 0.5) is 0 Å². The summed E-state index contributed by atoms with van der Waals surface area (Å²) in [6.07, 6.45) is 0. The minimum Gasteiger partial charge on any atom is -0.246 e. The normalized spacial score (nSPS) is 24.5. The molecule has 0 aliphatic carbocycles. The quantitative estimate of drug-likeness (QED) is 0.391. The van der Waals surface area contributed by atoms with Gasteiger partial charge in [-0.05, 0) is 0 Å². The Kier molecular flexibility index (Phi) is 3.02. The summed E-state index contributed by atoms with van der Waals surface area (Å²) in [4.78, 5) is 0. The van der Waals surface area contributed by atoms with Crippen LogP contribution in [0.3, 0.4) is 0 Å². The molecule has 0 spiro atoms. The second-order valence-corrected chi connectivity index (χ2v) is 2.34. The molecule has 1 saturated heterocycles. The molecule has 0 atom stereocenters. The van der Waals surface area contributed by atoms with Gasteiger partial charge in [-0.1, -0.05) is 0 Å². The van der Waals surface area contributed by atoms with E-state index in [0.29, 0.717) is 0 Å². The minimum absolute atomic E-state index is 0. The maximum Gasteiger partial charge on any atom is 0.400 e. The summed E-state index contributed by atoms with van der Waals surface area (Å²) in [5.41, 5.74) is 0. The summed E-state index contributed by atoms with van der Waals surface area (Å²) < 4.78 is 28.2. The zero-order valence-electron chi connectivity index (χ0n) is 4.46. The van der Waals surface area contributed by atoms with E-state index in [1.54, 1.807) is 0 Å². The van der Waals surface area contributed by atoms with Crippen LogP contribution < -0.4 is 0 Å². The zero-order valence-corrected chi connectivity index (χ0v) is 5.27. The van der Waals surface area contributed by atoms with Crippen LogP contribution in [0.1, 0.15) is 0 Å². The van der Waals surface area contributed by atoms with Crippen LogP contribution >= 0.6 is 0 Å². The van der Waals surface area contributed by atoms with E-state index in [2.05, 4.69) is 8.37 Å². The van der Waals surface area contributed by atoms with Crippen molar-refractivity contribution in [1.82, 2.24) is 0 Å². The molecular weight excluding hydrogens is 127 g/mol. The predicted molar refractivity (Wildman–Crippen MR) is 26.6 cm³/mol. The molecule has 1 radical (unpaired) electrons. The Bertz CT molecular complexity index is 137. The average molecular weight is 131 g/mol. The van der Waals surface area contributed by atoms with Crippen molar-refractivity contribution in [3.05, 3.63) is 0 Å². The Morgan fingerprint density at radius 3 is 1.62 bits per heavy atom. The Balaban J connectivity index is 0.000000490. The Labute approximate surface area is 59.7 Å². The van der Waals surface area contributed by atoms with Gasteiger partial charge >= 0.3 is 10.4 Å². The Morgan fingerprint density at radius 1 is 1.12 bits per heavy atom. The van der Waals surface area contributed by atoms with E-state index in [4.69, 9.17) is 0 Å². The van der Waals surface area contributed by atoms with E-state index in [1.165, 1.54) is 0 Å². The van der Waals surface area contributed by atoms with E-state index in [-0.39, 0.29) is 32.1 Å². The second kappa shape index (κ2) is 2.85. The molecule has 0 aromatic rings. The van der Waals surface area contributed by atoms with Gasteiger partial charge in [0.05, 0.1) is 13.2 Å². The van der Waals surface area contributed by atoms with Gasteiger partial charge < -0.3 is 0 Å². The van der Waals surface area contributed by atoms with Crippen LogP contribution in [0.25, 0.3) is 0 Å². The van der Waals surface area contributed by atoms with Crippen molar-refractivity contribution in [2.75, 3.05) is 13.2 Å². The molecule has 4 nitrogen and oxygen atoms in total. The topological polar surface area (TPSA) is 52.6 Å². The first-order valence-corrected chi connectivity index (χ1v) is 3.08. The van der Waals surface area contributed by atoms with Gasteiger partial charge in [0.15, 0.2) is 0 Å². The maximum atomic E-state index is 9.99. The van der Waals surface area contributed by atoms with Gasteiger partial charge in [0.2, 0.25) is 0 Å². The Hall–Kier alpha value is 0.467. The number of hydrogen-bond donors (Lipinski definition) is 0. The summed E-state index contributed by atoms with van der Waals surface area (Å²) in [5.74, 6) is 0. The monoisotopic (exact) mass is 131 g/mol. The van der Waals surface area contributed by atoms with Crippen molar-refractivity contribution in [2.24, 2.45) is 0 Å². The van der Waals surface area contributed by atoms with E-state index in [1.807, 2.05) is 0 Å². The number of hydrogen-bond acceptors (Lipinski definition) is 4. The smallest absolute Gasteiger partial charge is 0.246 e. The molecule has 0 unspecified atom stereocenters. The molecule has 1 heterocycles. The molecular formula is C2H4LiO4S. The second-order valence-electron chi connectivity index (χ2n) is 1.05. The van der Waals surface area contributed by atoms with Crippen LogP contribution in [0.15, 0.2) is 0 Å². The third kappa shape index (κ3) is 2.16. The van der Waals surface area contributed by atoms with E-state index in [0.717, 1.165) is 0 Å². The van der Waals surface area contributed by atoms with Crippen molar-refractivity contribution >= 4 is 29.3 Å². The van der Waals surface area contributed by atoms with Crippen LogP contribution in [-0.2, 0) is 18.8 Å². The fourth-order valence-corrected chi connectivity index (χ4v) is 0.919. The molecule has 0 saturated carbocycles. The summed E-state index contributed by atoms with van der Waals surface area (Å²) >= 11 is 0. The SMILES string of the molecule is O=S1(=O)OCCO1.[Li]. The molecule has 0 aromatic heterocycles. The molecule has 1 aliphatic rings. The van der Waals surface area contributed by atoms with Crippen LogP contribution in [0.5, 0.6) is 0 Å². The molecule has 0 bridgehead atoms. The van der Waals surface area contributed by atoms with Gasteiger partial charge in [0, 0.05) is 18.9 Å². The fourth-order valence-electron chi connectivity index (χ4n) is 0.306. The summed E-state index contributed by atoms with van der Waals surface area (Å²) in [5, 5.41) is 0. The molecule has 0 N–H and O–H groups in total. The maximum absolute atomic E-state index is 9.99. The largest absolute Gasteiger partial charge is 0.400 e. The summed E-state index contributed by atoms with van der Waals surface area (Å²) in [7, 11) is -3.55. The van der Waals surface area contributed by atoms with Crippen LogP contribution in [0.2, 0.25) is 0 Å². The van der Waals surface area contributed by atoms with Gasteiger partial charge in [-0.15, -0.1) is 0 Å². The third-order valence-electron chi connectivity index (χ3n) is 0.539. The van der Waals surface area contributed by atoms with Gasteiger partial charge in [0.25, 0.3) is 0 Å². The van der Waals surface area contributed by atoms with Crippen molar-refractivity contribution in [3.63, 3.8) is 0 Å². The third-order valence-corrected chi connectivity index (χ3v) is 1.45. The first-order chi connectivity index (χ1) is 3.21. The van der Waals surface area contributed by atoms with Gasteiger partial charge in [-0.2, -0.15) is 8.42 Å². The molecule has 1 aliphatic heterocycles. The molecule has 8 heavy (non-hydrogen) atoms. The summed E-state index contributed by atoms with van der Waals surface area (Å²) in [6, 6.07) is 0. The Morgan fingerprint density at radius 2 is 1.50 bits per heavy atom. The predicted octanol–water partition coefficient (Wildman–Crippen LogP) is -1.10. The van der Waals surface area contributed by atoms with E-state index in [9.17, 15) is 8.42 Å². The van der Waals surface area contributed by atoms with E-state index < -0.39 is 10.4 Å². The van der Waals surface area contributed by atoms with Gasteiger partial charge in [-0.25, -0.2) is 8.37 Å². The van der Waals surface area contributed by atoms with Gasteiger partial charge in [-0.3, -0.25) is 0 Å². The van der Waals surface area contributed by atoms with Crippen LogP contribution in [0, 0.1) is 0 Å². The fraction of sp³-hybridized carbons (Fsp3) is 1.00. The first-order valence-electron chi connectivity index (χ1n) is 1.74. The molecule has 0 aromatic carbocycles.